The highest BCUT2D eigenvalue weighted by atomic mass is 31.0. The highest BCUT2D eigenvalue weighted by Gasteiger charge is 2.54. The molecule has 0 aliphatic heterocycles. The second-order valence-electron chi connectivity index (χ2n) is 8.81. The zero-order chi connectivity index (χ0) is 24.6. The normalized spacial score (nSPS) is 12.1. The summed E-state index contributed by atoms with van der Waals surface area (Å²) in [5, 5.41) is 0. The Hall–Kier alpha value is -2.34. The second-order valence-corrected chi connectivity index (χ2v) is 9.63. The summed E-state index contributed by atoms with van der Waals surface area (Å²) < 4.78 is 0. The van der Waals surface area contributed by atoms with Crippen LogP contribution in [0.3, 0.4) is 0 Å². The van der Waals surface area contributed by atoms with Crippen LogP contribution in [0, 0.1) is 0 Å². The summed E-state index contributed by atoms with van der Waals surface area (Å²) in [5.74, 6) is 0. The van der Waals surface area contributed by atoms with Gasteiger partial charge < -0.3 is 0 Å². The molecular weight excluding hydrogens is 464 g/mol. The first kappa shape index (κ1) is 25.7. The molecule has 2 nitrogen and oxygen atoms in total. The van der Waals surface area contributed by atoms with Crippen molar-refractivity contribution in [3.05, 3.63) is 144 Å². The molecule has 0 spiro atoms. The maximum absolute atomic E-state index is 6.85. The average molecular weight is 500 g/mol. The Bertz CT molecular complexity index is 984. The molecule has 0 radical (unpaired) electrons. The van der Waals surface area contributed by atoms with E-state index in [1.807, 2.05) is 0 Å². The third-order valence-electron chi connectivity index (χ3n) is 7.04. The van der Waals surface area contributed by atoms with Gasteiger partial charge in [-0.25, -0.2) is 5.48 Å². The lowest BCUT2D eigenvalue weighted by molar-refractivity contribution is -0.0797. The number of hydroxylamine groups is 1. The van der Waals surface area contributed by atoms with Crippen molar-refractivity contribution in [3.8, 4) is 0 Å². The Labute approximate surface area is 214 Å². The maximum Gasteiger partial charge on any atom is 0.107 e. The van der Waals surface area contributed by atoms with Crippen LogP contribution in [0.1, 0.15) is 29.2 Å². The van der Waals surface area contributed by atoms with Crippen molar-refractivity contribution in [1.29, 1.82) is 0 Å². The molecule has 0 bridgehead atoms. The van der Waals surface area contributed by atoms with Crippen LogP contribution in [-0.4, -0.2) is 25.0 Å². The van der Waals surface area contributed by atoms with Crippen LogP contribution in [0.25, 0.3) is 0 Å². The van der Waals surface area contributed by atoms with Crippen LogP contribution in [0.2, 0.25) is 0 Å². The lowest BCUT2D eigenvalue weighted by atomic mass is 9.59. The minimum Gasteiger partial charge on any atom is -0.296 e. The molecule has 1 N–H and O–H groups in total. The van der Waals surface area contributed by atoms with Gasteiger partial charge in [0.15, 0.2) is 0 Å². The number of hydrogen-bond donors (Lipinski definition) is 1. The van der Waals surface area contributed by atoms with E-state index >= 15 is 0 Å². The smallest absolute Gasteiger partial charge is 0.107 e. The summed E-state index contributed by atoms with van der Waals surface area (Å²) in [7, 11) is 6.09. The van der Waals surface area contributed by atoms with Crippen molar-refractivity contribution in [2.24, 2.45) is 0 Å². The monoisotopic (exact) mass is 499 g/mol. The van der Waals surface area contributed by atoms with E-state index in [0.717, 1.165) is 12.3 Å². The Morgan fingerprint density at radius 3 is 1.09 bits per heavy atom. The quantitative estimate of drug-likeness (QED) is 0.185. The van der Waals surface area contributed by atoms with E-state index < -0.39 is 10.8 Å². The number of rotatable bonds is 11. The number of benzene rings is 4. The first-order valence-electron chi connectivity index (χ1n) is 12.2. The van der Waals surface area contributed by atoms with Gasteiger partial charge in [-0.15, -0.1) is 18.5 Å². The van der Waals surface area contributed by atoms with Crippen LogP contribution in [0.4, 0.5) is 0 Å². The number of hydrogen-bond acceptors (Lipinski definition) is 2. The molecule has 4 heteroatoms. The van der Waals surface area contributed by atoms with Crippen molar-refractivity contribution in [3.63, 3.8) is 0 Å². The summed E-state index contributed by atoms with van der Waals surface area (Å²) in [5.41, 5.74) is 7.33. The molecule has 0 aromatic heterocycles. The van der Waals surface area contributed by atoms with Crippen LogP contribution >= 0.6 is 18.5 Å². The average Bonchev–Trinajstić information content (AvgIpc) is 2.95. The molecule has 4 aromatic rings. The molecule has 2 unspecified atom stereocenters. The predicted molar refractivity (Wildman–Crippen MR) is 155 cm³/mol. The topological polar surface area (TPSA) is 21.3 Å². The van der Waals surface area contributed by atoms with Gasteiger partial charge in [-0.1, -0.05) is 128 Å². The van der Waals surface area contributed by atoms with Gasteiger partial charge in [0, 0.05) is 6.54 Å². The summed E-state index contributed by atoms with van der Waals surface area (Å²) in [6, 6.07) is 43.3. The fourth-order valence-electron chi connectivity index (χ4n) is 5.36. The lowest BCUT2D eigenvalue weighted by Crippen LogP contribution is -2.59. The van der Waals surface area contributed by atoms with Crippen molar-refractivity contribution in [2.45, 2.75) is 23.9 Å². The molecule has 0 aliphatic rings. The SMILES string of the molecule is CCNOC(C(CP)(c1ccccc1)c1ccccc1)C(CP)(c1ccccc1)c1ccccc1. The lowest BCUT2D eigenvalue weighted by Gasteiger charge is -2.51. The van der Waals surface area contributed by atoms with Gasteiger partial charge in [0.05, 0.1) is 10.8 Å². The Kier molecular flexibility index (Phi) is 8.88. The molecule has 4 rings (SSSR count). The largest absolute Gasteiger partial charge is 0.296 e. The first-order valence-corrected chi connectivity index (χ1v) is 13.9. The molecular formula is C31H35NOP2. The maximum atomic E-state index is 6.85. The summed E-state index contributed by atoms with van der Waals surface area (Å²) >= 11 is 0. The van der Waals surface area contributed by atoms with Gasteiger partial charge in [0.2, 0.25) is 0 Å². The summed E-state index contributed by atoms with van der Waals surface area (Å²) in [4.78, 5) is 6.85. The third kappa shape index (κ3) is 4.87. The van der Waals surface area contributed by atoms with Gasteiger partial charge in [-0.05, 0) is 34.6 Å². The van der Waals surface area contributed by atoms with Gasteiger partial charge in [0.25, 0.3) is 0 Å². The van der Waals surface area contributed by atoms with E-state index in [1.165, 1.54) is 22.3 Å². The Morgan fingerprint density at radius 2 is 0.857 bits per heavy atom. The van der Waals surface area contributed by atoms with Crippen molar-refractivity contribution in [1.82, 2.24) is 5.48 Å². The van der Waals surface area contributed by atoms with Crippen LogP contribution < -0.4 is 5.48 Å². The van der Waals surface area contributed by atoms with Crippen LogP contribution in [0.15, 0.2) is 121 Å². The predicted octanol–water partition coefficient (Wildman–Crippen LogP) is 6.62. The molecule has 0 saturated heterocycles. The van der Waals surface area contributed by atoms with Crippen molar-refractivity contribution >= 4 is 18.5 Å². The molecule has 0 saturated carbocycles. The summed E-state index contributed by atoms with van der Waals surface area (Å²) in [6.07, 6.45) is 1.33. The van der Waals surface area contributed by atoms with Crippen LogP contribution in [0.5, 0.6) is 0 Å². The zero-order valence-electron chi connectivity index (χ0n) is 20.3. The molecule has 2 atom stereocenters. The van der Waals surface area contributed by atoms with E-state index in [2.05, 4.69) is 152 Å². The minimum absolute atomic E-state index is 0.264. The molecule has 0 amide bonds. The van der Waals surface area contributed by atoms with E-state index in [4.69, 9.17) is 4.84 Å². The number of nitrogens with one attached hydrogen (secondary N) is 1. The Morgan fingerprint density at radius 1 is 0.571 bits per heavy atom. The van der Waals surface area contributed by atoms with E-state index in [0.29, 0.717) is 6.54 Å². The highest BCUT2D eigenvalue weighted by molar-refractivity contribution is 7.16. The van der Waals surface area contributed by atoms with Gasteiger partial charge in [0.1, 0.15) is 6.10 Å². The highest BCUT2D eigenvalue weighted by Crippen LogP contribution is 2.50. The molecule has 4 aromatic carbocycles. The Balaban J connectivity index is 2.11. The fraction of sp³-hybridized carbons (Fsp3) is 0.226. The molecule has 35 heavy (non-hydrogen) atoms. The van der Waals surface area contributed by atoms with E-state index in [9.17, 15) is 0 Å². The van der Waals surface area contributed by atoms with E-state index in [1.54, 1.807) is 0 Å². The first-order chi connectivity index (χ1) is 17.2. The second kappa shape index (κ2) is 12.1. The zero-order valence-corrected chi connectivity index (χ0v) is 22.6. The fourth-order valence-corrected chi connectivity index (χ4v) is 6.73. The molecule has 0 heterocycles. The van der Waals surface area contributed by atoms with Crippen LogP contribution in [-0.2, 0) is 15.7 Å². The van der Waals surface area contributed by atoms with Gasteiger partial charge >= 0.3 is 0 Å². The van der Waals surface area contributed by atoms with Gasteiger partial charge in [-0.2, -0.15) is 0 Å². The van der Waals surface area contributed by atoms with E-state index in [-0.39, 0.29) is 6.10 Å². The van der Waals surface area contributed by atoms with Gasteiger partial charge in [-0.3, -0.25) is 4.84 Å². The standard InChI is InChI=1S/C31H35NOP2/c1-2-32-33-29(30(23-34,25-15-7-3-8-16-25)26-17-9-4-10-18-26)31(24-35,27-19-11-5-12-20-27)28-21-13-6-14-22-28/h3-22,29,32H,2,23-24,34-35H2,1H3. The van der Waals surface area contributed by atoms with Crippen molar-refractivity contribution in [2.75, 3.05) is 18.9 Å². The van der Waals surface area contributed by atoms with Crippen molar-refractivity contribution < 1.29 is 4.84 Å². The third-order valence-corrected chi connectivity index (χ3v) is 8.33. The molecule has 180 valence electrons. The molecule has 0 aliphatic carbocycles. The summed E-state index contributed by atoms with van der Waals surface area (Å²) in [6.45, 7) is 2.79. The minimum atomic E-state index is -0.447. The molecule has 0 fully saturated rings.